The highest BCUT2D eigenvalue weighted by Gasteiger charge is 2.19. The minimum atomic E-state index is 0.126. The number of hydrogen-bond acceptors (Lipinski definition) is 4. The first-order chi connectivity index (χ1) is 8.84. The molecule has 1 atom stereocenters. The summed E-state index contributed by atoms with van der Waals surface area (Å²) in [6.07, 6.45) is 3.94. The Labute approximate surface area is 111 Å². The van der Waals surface area contributed by atoms with Crippen LogP contribution in [0.4, 0.5) is 0 Å². The van der Waals surface area contributed by atoms with Crippen molar-refractivity contribution in [1.29, 1.82) is 0 Å². The minimum Gasteiger partial charge on any atom is -0.369 e. The molecule has 0 aliphatic carbocycles. The SMILES string of the molecule is Cc1ccsc1Cn1cncc1C1CNCCO1. The molecular formula is C13H17N3OS. The summed E-state index contributed by atoms with van der Waals surface area (Å²) in [5.41, 5.74) is 2.51. The zero-order valence-corrected chi connectivity index (χ0v) is 11.2. The molecule has 4 nitrogen and oxygen atoms in total. The van der Waals surface area contributed by atoms with Gasteiger partial charge in [0, 0.05) is 18.0 Å². The Morgan fingerprint density at radius 1 is 1.61 bits per heavy atom. The van der Waals surface area contributed by atoms with Gasteiger partial charge in [-0.3, -0.25) is 0 Å². The maximum Gasteiger partial charge on any atom is 0.111 e. The van der Waals surface area contributed by atoms with Crippen LogP contribution in [0.15, 0.2) is 24.0 Å². The Hall–Kier alpha value is -1.17. The second-order valence-electron chi connectivity index (χ2n) is 4.54. The van der Waals surface area contributed by atoms with Crippen LogP contribution in [0.3, 0.4) is 0 Å². The quantitative estimate of drug-likeness (QED) is 0.920. The number of morpholine rings is 1. The van der Waals surface area contributed by atoms with Crippen molar-refractivity contribution in [2.24, 2.45) is 0 Å². The van der Waals surface area contributed by atoms with E-state index in [9.17, 15) is 0 Å². The summed E-state index contributed by atoms with van der Waals surface area (Å²) < 4.78 is 7.98. The third kappa shape index (κ3) is 2.34. The van der Waals surface area contributed by atoms with Gasteiger partial charge in [0.05, 0.1) is 31.4 Å². The molecule has 0 aromatic carbocycles. The zero-order chi connectivity index (χ0) is 12.4. The van der Waals surface area contributed by atoms with Crippen molar-refractivity contribution in [3.63, 3.8) is 0 Å². The lowest BCUT2D eigenvalue weighted by Gasteiger charge is -2.24. The molecule has 1 aliphatic heterocycles. The molecule has 1 saturated heterocycles. The van der Waals surface area contributed by atoms with Gasteiger partial charge in [-0.2, -0.15) is 0 Å². The maximum atomic E-state index is 5.79. The van der Waals surface area contributed by atoms with Gasteiger partial charge in [0.1, 0.15) is 6.10 Å². The molecule has 0 amide bonds. The summed E-state index contributed by atoms with van der Waals surface area (Å²) in [4.78, 5) is 5.65. The first kappa shape index (κ1) is 11.9. The summed E-state index contributed by atoms with van der Waals surface area (Å²) in [6, 6.07) is 2.16. The predicted molar refractivity (Wildman–Crippen MR) is 71.9 cm³/mol. The third-order valence-electron chi connectivity index (χ3n) is 3.28. The number of nitrogens with one attached hydrogen (secondary N) is 1. The first-order valence-corrected chi connectivity index (χ1v) is 7.08. The fourth-order valence-electron chi connectivity index (χ4n) is 2.21. The fraction of sp³-hybridized carbons (Fsp3) is 0.462. The number of rotatable bonds is 3. The Kier molecular flexibility index (Phi) is 3.45. The van der Waals surface area contributed by atoms with Gasteiger partial charge in [0.2, 0.25) is 0 Å². The van der Waals surface area contributed by atoms with E-state index in [-0.39, 0.29) is 6.10 Å². The molecule has 0 saturated carbocycles. The highest BCUT2D eigenvalue weighted by atomic mass is 32.1. The second kappa shape index (κ2) is 5.22. The van der Waals surface area contributed by atoms with Crippen LogP contribution in [0, 0.1) is 6.92 Å². The summed E-state index contributed by atoms with van der Waals surface area (Å²) in [5.74, 6) is 0. The molecular weight excluding hydrogens is 246 g/mol. The van der Waals surface area contributed by atoms with Gasteiger partial charge >= 0.3 is 0 Å². The average Bonchev–Trinajstić information content (AvgIpc) is 3.01. The van der Waals surface area contributed by atoms with Crippen LogP contribution in [0.5, 0.6) is 0 Å². The third-order valence-corrected chi connectivity index (χ3v) is 4.29. The molecule has 5 heteroatoms. The van der Waals surface area contributed by atoms with Crippen molar-refractivity contribution in [2.45, 2.75) is 19.6 Å². The van der Waals surface area contributed by atoms with Gasteiger partial charge in [-0.1, -0.05) is 0 Å². The Morgan fingerprint density at radius 3 is 3.28 bits per heavy atom. The van der Waals surface area contributed by atoms with Gasteiger partial charge in [-0.25, -0.2) is 4.98 Å². The Bertz CT molecular complexity index is 514. The van der Waals surface area contributed by atoms with Gasteiger partial charge in [0.15, 0.2) is 0 Å². The van der Waals surface area contributed by atoms with Gasteiger partial charge in [-0.05, 0) is 23.9 Å². The van der Waals surface area contributed by atoms with E-state index in [4.69, 9.17) is 4.74 Å². The van der Waals surface area contributed by atoms with Crippen molar-refractivity contribution in [3.05, 3.63) is 40.1 Å². The van der Waals surface area contributed by atoms with Crippen LogP contribution in [0.1, 0.15) is 22.2 Å². The topological polar surface area (TPSA) is 39.1 Å². The smallest absolute Gasteiger partial charge is 0.111 e. The van der Waals surface area contributed by atoms with Crippen LogP contribution in [-0.4, -0.2) is 29.2 Å². The van der Waals surface area contributed by atoms with E-state index in [1.54, 1.807) is 11.3 Å². The monoisotopic (exact) mass is 263 g/mol. The molecule has 0 spiro atoms. The number of aromatic nitrogens is 2. The van der Waals surface area contributed by atoms with Crippen LogP contribution < -0.4 is 5.32 Å². The normalized spacial score (nSPS) is 20.2. The molecule has 1 aliphatic rings. The number of thiophene rings is 1. The number of ether oxygens (including phenoxy) is 1. The van der Waals surface area contributed by atoms with Crippen LogP contribution in [0.2, 0.25) is 0 Å². The number of imidazole rings is 1. The predicted octanol–water partition coefficient (Wildman–Crippen LogP) is 1.96. The van der Waals surface area contributed by atoms with E-state index in [1.165, 1.54) is 10.4 Å². The summed E-state index contributed by atoms with van der Waals surface area (Å²) in [5, 5.41) is 5.50. The zero-order valence-electron chi connectivity index (χ0n) is 10.4. The number of nitrogens with zero attached hydrogens (tertiary/aromatic N) is 2. The van der Waals surface area contributed by atoms with Crippen molar-refractivity contribution >= 4 is 11.3 Å². The molecule has 18 heavy (non-hydrogen) atoms. The van der Waals surface area contributed by atoms with Gasteiger partial charge < -0.3 is 14.6 Å². The summed E-state index contributed by atoms with van der Waals surface area (Å²) in [6.45, 7) is 5.62. The molecule has 0 radical (unpaired) electrons. The van der Waals surface area contributed by atoms with Gasteiger partial charge in [-0.15, -0.1) is 11.3 Å². The number of aryl methyl sites for hydroxylation is 1. The lowest BCUT2D eigenvalue weighted by molar-refractivity contribution is 0.0230. The van der Waals surface area contributed by atoms with Crippen LogP contribution in [-0.2, 0) is 11.3 Å². The molecule has 1 unspecified atom stereocenters. The van der Waals surface area contributed by atoms with Crippen molar-refractivity contribution < 1.29 is 4.74 Å². The lowest BCUT2D eigenvalue weighted by Crippen LogP contribution is -2.34. The van der Waals surface area contributed by atoms with E-state index in [2.05, 4.69) is 33.2 Å². The lowest BCUT2D eigenvalue weighted by atomic mass is 10.2. The summed E-state index contributed by atoms with van der Waals surface area (Å²) >= 11 is 1.80. The van der Waals surface area contributed by atoms with Crippen molar-refractivity contribution in [1.82, 2.24) is 14.9 Å². The van der Waals surface area contributed by atoms with E-state index in [1.807, 2.05) is 12.5 Å². The second-order valence-corrected chi connectivity index (χ2v) is 5.54. The molecule has 3 rings (SSSR count). The van der Waals surface area contributed by atoms with E-state index in [0.29, 0.717) is 0 Å². The summed E-state index contributed by atoms with van der Waals surface area (Å²) in [7, 11) is 0. The molecule has 2 aromatic rings. The molecule has 1 N–H and O–H groups in total. The maximum absolute atomic E-state index is 5.79. The first-order valence-electron chi connectivity index (χ1n) is 6.20. The van der Waals surface area contributed by atoms with Crippen LogP contribution >= 0.6 is 11.3 Å². The number of hydrogen-bond donors (Lipinski definition) is 1. The van der Waals surface area contributed by atoms with Crippen molar-refractivity contribution in [3.8, 4) is 0 Å². The Balaban J connectivity index is 1.80. The Morgan fingerprint density at radius 2 is 2.56 bits per heavy atom. The molecule has 96 valence electrons. The van der Waals surface area contributed by atoms with E-state index < -0.39 is 0 Å². The van der Waals surface area contributed by atoms with Crippen molar-refractivity contribution in [2.75, 3.05) is 19.7 Å². The molecule has 3 heterocycles. The van der Waals surface area contributed by atoms with E-state index in [0.717, 1.165) is 31.9 Å². The van der Waals surface area contributed by atoms with E-state index >= 15 is 0 Å². The molecule has 0 bridgehead atoms. The highest BCUT2D eigenvalue weighted by molar-refractivity contribution is 7.10. The van der Waals surface area contributed by atoms with Gasteiger partial charge in [0.25, 0.3) is 0 Å². The highest BCUT2D eigenvalue weighted by Crippen LogP contribution is 2.22. The molecule has 1 fully saturated rings. The minimum absolute atomic E-state index is 0.126. The van der Waals surface area contributed by atoms with Crippen LogP contribution in [0.25, 0.3) is 0 Å². The molecule has 2 aromatic heterocycles. The largest absolute Gasteiger partial charge is 0.369 e. The standard InChI is InChI=1S/C13H17N3OS/c1-10-2-5-18-13(10)8-16-9-15-6-11(16)12-7-14-3-4-17-12/h2,5-6,9,12,14H,3-4,7-8H2,1H3. The average molecular weight is 263 g/mol. The fourth-order valence-corrected chi connectivity index (χ4v) is 3.11.